The van der Waals surface area contributed by atoms with Crippen molar-refractivity contribution in [2.24, 2.45) is 5.92 Å². The molecule has 0 aliphatic carbocycles. The van der Waals surface area contributed by atoms with Crippen molar-refractivity contribution in [2.45, 2.75) is 91.7 Å². The van der Waals surface area contributed by atoms with Crippen LogP contribution in [0.3, 0.4) is 0 Å². The molecule has 0 spiro atoms. The largest absolute Gasteiger partial charge is 0.247 e. The quantitative estimate of drug-likeness (QED) is 0.403. The zero-order chi connectivity index (χ0) is 16.5. The number of aryl methyl sites for hydroxylation is 2. The Morgan fingerprint density at radius 1 is 0.955 bits per heavy atom. The molecule has 0 saturated heterocycles. The van der Waals surface area contributed by atoms with Gasteiger partial charge in [-0.1, -0.05) is 82.2 Å². The maximum atomic E-state index is 14.7. The summed E-state index contributed by atoms with van der Waals surface area (Å²) in [4.78, 5) is 0. The first-order chi connectivity index (χ1) is 10.5. The van der Waals surface area contributed by atoms with Crippen molar-refractivity contribution in [3.63, 3.8) is 0 Å². The van der Waals surface area contributed by atoms with Crippen molar-refractivity contribution in [2.75, 3.05) is 0 Å². The van der Waals surface area contributed by atoms with Crippen molar-refractivity contribution in [3.05, 3.63) is 34.9 Å². The number of hydrogen-bond acceptors (Lipinski definition) is 0. The second kappa shape index (κ2) is 10.0. The topological polar surface area (TPSA) is 0 Å². The van der Waals surface area contributed by atoms with Gasteiger partial charge < -0.3 is 0 Å². The molecule has 1 rings (SSSR count). The molecule has 0 aliphatic rings. The van der Waals surface area contributed by atoms with Gasteiger partial charge in [-0.05, 0) is 44.1 Å². The van der Waals surface area contributed by atoms with Crippen molar-refractivity contribution >= 4 is 0 Å². The van der Waals surface area contributed by atoms with Crippen LogP contribution in [0.2, 0.25) is 0 Å². The summed E-state index contributed by atoms with van der Waals surface area (Å²) >= 11 is 0. The molecule has 0 heterocycles. The predicted octanol–water partition coefficient (Wildman–Crippen LogP) is 7.13. The molecule has 0 amide bonds. The molecule has 0 radical (unpaired) electrons. The number of rotatable bonds is 10. The molecular weight excluding hydrogens is 271 g/mol. The summed E-state index contributed by atoms with van der Waals surface area (Å²) in [5.74, 6) is 0.545. The molecule has 1 heteroatoms. The Morgan fingerprint density at radius 3 is 2.14 bits per heavy atom. The molecule has 0 aromatic heterocycles. The Bertz CT molecular complexity index is 404. The summed E-state index contributed by atoms with van der Waals surface area (Å²) in [7, 11) is 0. The molecule has 0 bridgehead atoms. The second-order valence-corrected chi connectivity index (χ2v) is 7.09. The molecule has 22 heavy (non-hydrogen) atoms. The lowest BCUT2D eigenvalue weighted by Crippen LogP contribution is -2.18. The van der Waals surface area contributed by atoms with Gasteiger partial charge in [-0.25, -0.2) is 4.39 Å². The van der Waals surface area contributed by atoms with Crippen molar-refractivity contribution in [3.8, 4) is 0 Å². The highest BCUT2D eigenvalue weighted by molar-refractivity contribution is 5.30. The van der Waals surface area contributed by atoms with E-state index in [-0.39, 0.29) is 5.92 Å². The van der Waals surface area contributed by atoms with E-state index >= 15 is 0 Å². The van der Waals surface area contributed by atoms with E-state index in [0.29, 0.717) is 12.3 Å². The molecule has 0 saturated carbocycles. The molecule has 3 unspecified atom stereocenters. The van der Waals surface area contributed by atoms with E-state index in [1.807, 2.05) is 0 Å². The predicted molar refractivity (Wildman–Crippen MR) is 96.4 cm³/mol. The van der Waals surface area contributed by atoms with Gasteiger partial charge >= 0.3 is 0 Å². The molecule has 0 nitrogen and oxygen atoms in total. The number of benzene rings is 1. The van der Waals surface area contributed by atoms with Crippen LogP contribution in [0.25, 0.3) is 0 Å². The van der Waals surface area contributed by atoms with E-state index in [0.717, 1.165) is 12.8 Å². The molecule has 126 valence electrons. The SMILES string of the molecule is CCCCCCC(CC)C(F)CC(C)c1cc(C)cc(C)c1. The monoisotopic (exact) mass is 306 g/mol. The van der Waals surface area contributed by atoms with E-state index in [9.17, 15) is 4.39 Å². The molecule has 3 atom stereocenters. The summed E-state index contributed by atoms with van der Waals surface area (Å²) in [5.41, 5.74) is 3.86. The smallest absolute Gasteiger partial charge is 0.103 e. The van der Waals surface area contributed by atoms with Crippen LogP contribution in [0.5, 0.6) is 0 Å². The van der Waals surface area contributed by atoms with E-state index in [1.54, 1.807) is 0 Å². The van der Waals surface area contributed by atoms with Crippen LogP contribution in [0.15, 0.2) is 18.2 Å². The third-order valence-corrected chi connectivity index (χ3v) is 4.86. The van der Waals surface area contributed by atoms with E-state index in [2.05, 4.69) is 52.8 Å². The maximum absolute atomic E-state index is 14.7. The third-order valence-electron chi connectivity index (χ3n) is 4.86. The van der Waals surface area contributed by atoms with E-state index < -0.39 is 6.17 Å². The van der Waals surface area contributed by atoms with Gasteiger partial charge in [-0.3, -0.25) is 0 Å². The number of alkyl halides is 1. The Kier molecular flexibility index (Phi) is 8.75. The summed E-state index contributed by atoms with van der Waals surface area (Å²) in [6.45, 7) is 10.8. The Hall–Kier alpha value is -0.850. The van der Waals surface area contributed by atoms with Crippen LogP contribution in [-0.4, -0.2) is 6.17 Å². The first-order valence-electron chi connectivity index (χ1n) is 9.20. The van der Waals surface area contributed by atoms with Gasteiger partial charge in [0.25, 0.3) is 0 Å². The standard InChI is InChI=1S/C21H35F/c1-6-8-9-10-11-19(7-2)21(22)15-18(5)20-13-16(3)12-17(4)14-20/h12-14,18-19,21H,6-11,15H2,1-5H3. The fraction of sp³-hybridized carbons (Fsp3) is 0.714. The van der Waals surface area contributed by atoms with Crippen LogP contribution >= 0.6 is 0 Å². The summed E-state index contributed by atoms with van der Waals surface area (Å²) in [6.07, 6.45) is 6.99. The van der Waals surface area contributed by atoms with Crippen LogP contribution in [-0.2, 0) is 0 Å². The molecule has 0 aliphatic heterocycles. The summed E-state index contributed by atoms with van der Waals surface area (Å²) in [5, 5.41) is 0. The lowest BCUT2D eigenvalue weighted by Gasteiger charge is -2.23. The molecule has 1 aromatic rings. The van der Waals surface area contributed by atoms with Crippen molar-refractivity contribution in [1.29, 1.82) is 0 Å². The minimum Gasteiger partial charge on any atom is -0.247 e. The average Bonchev–Trinajstić information content (AvgIpc) is 2.46. The number of halogens is 1. The zero-order valence-corrected chi connectivity index (χ0v) is 15.3. The van der Waals surface area contributed by atoms with Gasteiger partial charge in [0.1, 0.15) is 6.17 Å². The fourth-order valence-electron chi connectivity index (χ4n) is 3.43. The maximum Gasteiger partial charge on any atom is 0.103 e. The third kappa shape index (κ3) is 6.50. The van der Waals surface area contributed by atoms with Gasteiger partial charge in [0.2, 0.25) is 0 Å². The highest BCUT2D eigenvalue weighted by Crippen LogP contribution is 2.30. The molecule has 1 aromatic carbocycles. The zero-order valence-electron chi connectivity index (χ0n) is 15.3. The van der Waals surface area contributed by atoms with Crippen LogP contribution in [0.1, 0.15) is 88.3 Å². The van der Waals surface area contributed by atoms with Gasteiger partial charge in [0, 0.05) is 0 Å². The highest BCUT2D eigenvalue weighted by Gasteiger charge is 2.22. The van der Waals surface area contributed by atoms with E-state index in [1.165, 1.54) is 42.4 Å². The van der Waals surface area contributed by atoms with E-state index in [4.69, 9.17) is 0 Å². The lowest BCUT2D eigenvalue weighted by molar-refractivity contribution is 0.186. The van der Waals surface area contributed by atoms with Gasteiger partial charge in [-0.2, -0.15) is 0 Å². The van der Waals surface area contributed by atoms with Crippen LogP contribution in [0, 0.1) is 19.8 Å². The molecule has 0 N–H and O–H groups in total. The minimum absolute atomic E-state index is 0.241. The lowest BCUT2D eigenvalue weighted by atomic mass is 9.85. The van der Waals surface area contributed by atoms with Crippen molar-refractivity contribution in [1.82, 2.24) is 0 Å². The van der Waals surface area contributed by atoms with Crippen molar-refractivity contribution < 1.29 is 4.39 Å². The molecule has 0 fully saturated rings. The number of hydrogen-bond donors (Lipinski definition) is 0. The molecular formula is C21H35F. The normalized spacial score (nSPS) is 15.5. The van der Waals surface area contributed by atoms with Gasteiger partial charge in [0.05, 0.1) is 0 Å². The number of unbranched alkanes of at least 4 members (excludes halogenated alkanes) is 3. The first kappa shape index (κ1) is 19.2. The highest BCUT2D eigenvalue weighted by atomic mass is 19.1. The van der Waals surface area contributed by atoms with Gasteiger partial charge in [-0.15, -0.1) is 0 Å². The summed E-state index contributed by atoms with van der Waals surface area (Å²) < 4.78 is 14.7. The Labute approximate surface area is 137 Å². The minimum atomic E-state index is -0.664. The average molecular weight is 307 g/mol. The first-order valence-corrected chi connectivity index (χ1v) is 9.20. The fourth-order valence-corrected chi connectivity index (χ4v) is 3.43. The van der Waals surface area contributed by atoms with Crippen LogP contribution < -0.4 is 0 Å². The summed E-state index contributed by atoms with van der Waals surface area (Å²) in [6, 6.07) is 6.62. The second-order valence-electron chi connectivity index (χ2n) is 7.09. The Morgan fingerprint density at radius 2 is 1.59 bits per heavy atom. The van der Waals surface area contributed by atoms with Gasteiger partial charge in [0.15, 0.2) is 0 Å². The Balaban J connectivity index is 2.54. The van der Waals surface area contributed by atoms with Crippen LogP contribution in [0.4, 0.5) is 4.39 Å².